The van der Waals surface area contributed by atoms with Gasteiger partial charge >= 0.3 is 0 Å². The van der Waals surface area contributed by atoms with Crippen LogP contribution in [0, 0.1) is 5.82 Å². The Hall–Kier alpha value is -2.85. The molecule has 7 nitrogen and oxygen atoms in total. The molecule has 0 aliphatic carbocycles. The van der Waals surface area contributed by atoms with E-state index < -0.39 is 15.8 Å². The second-order valence-corrected chi connectivity index (χ2v) is 10.6. The fraction of sp³-hybridized carbons (Fsp3) is 0.240. The van der Waals surface area contributed by atoms with Gasteiger partial charge in [-0.05, 0) is 61.0 Å². The van der Waals surface area contributed by atoms with Crippen molar-refractivity contribution in [1.82, 2.24) is 4.72 Å². The van der Waals surface area contributed by atoms with Gasteiger partial charge in [-0.2, -0.15) is 5.10 Å². The van der Waals surface area contributed by atoms with E-state index in [-0.39, 0.29) is 23.2 Å². The third kappa shape index (κ3) is 5.75. The van der Waals surface area contributed by atoms with E-state index in [1.165, 1.54) is 19.2 Å². The molecule has 1 aliphatic heterocycles. The van der Waals surface area contributed by atoms with Crippen LogP contribution in [-0.4, -0.2) is 34.4 Å². The highest BCUT2D eigenvalue weighted by atomic mass is 35.5. The summed E-state index contributed by atoms with van der Waals surface area (Å²) in [5.41, 5.74) is 2.16. The van der Waals surface area contributed by atoms with Gasteiger partial charge in [0, 0.05) is 11.4 Å². The van der Waals surface area contributed by atoms with Gasteiger partial charge in [-0.1, -0.05) is 35.3 Å². The average molecular weight is 552 g/mol. The summed E-state index contributed by atoms with van der Waals surface area (Å²) in [6, 6.07) is 16.0. The van der Waals surface area contributed by atoms with Crippen molar-refractivity contribution in [1.29, 1.82) is 0 Å². The Labute approximate surface area is 219 Å². The minimum absolute atomic E-state index is 0.0391. The highest BCUT2D eigenvalue weighted by Gasteiger charge is 2.31. The number of benzene rings is 3. The van der Waals surface area contributed by atoms with Gasteiger partial charge in [0.1, 0.15) is 5.75 Å². The summed E-state index contributed by atoms with van der Waals surface area (Å²) in [5, 5.41) is 7.34. The van der Waals surface area contributed by atoms with Crippen molar-refractivity contribution in [2.75, 3.05) is 25.3 Å². The van der Waals surface area contributed by atoms with Gasteiger partial charge in [0.2, 0.25) is 10.0 Å². The molecule has 0 fully saturated rings. The molecule has 11 heteroatoms. The summed E-state index contributed by atoms with van der Waals surface area (Å²) in [4.78, 5) is -0.208. The highest BCUT2D eigenvalue weighted by molar-refractivity contribution is 7.89. The zero-order chi connectivity index (χ0) is 25.9. The number of methoxy groups -OCH3 is 1. The minimum atomic E-state index is -3.99. The van der Waals surface area contributed by atoms with Crippen LogP contribution in [0.4, 0.5) is 10.1 Å². The summed E-state index contributed by atoms with van der Waals surface area (Å²) in [5.74, 6) is -0.0588. The lowest BCUT2D eigenvalue weighted by Crippen LogP contribution is -2.29. The van der Waals surface area contributed by atoms with Crippen LogP contribution in [0.15, 0.2) is 70.7 Å². The fourth-order valence-corrected chi connectivity index (χ4v) is 5.38. The minimum Gasteiger partial charge on any atom is -0.494 e. The first-order valence-electron chi connectivity index (χ1n) is 11.1. The Morgan fingerprint density at radius 2 is 1.86 bits per heavy atom. The highest BCUT2D eigenvalue weighted by Crippen LogP contribution is 2.40. The first kappa shape index (κ1) is 26.2. The Morgan fingerprint density at radius 3 is 2.50 bits per heavy atom. The molecule has 0 amide bonds. The maximum atomic E-state index is 14.1. The largest absolute Gasteiger partial charge is 0.494 e. The third-order valence-corrected chi connectivity index (χ3v) is 7.54. The molecule has 1 unspecified atom stereocenters. The van der Waals surface area contributed by atoms with Gasteiger partial charge in [0.25, 0.3) is 0 Å². The lowest BCUT2D eigenvalue weighted by molar-refractivity contribution is 0.340. The van der Waals surface area contributed by atoms with Crippen molar-refractivity contribution in [2.24, 2.45) is 5.10 Å². The molecule has 190 valence electrons. The molecule has 3 aromatic rings. The molecule has 0 aromatic heterocycles. The van der Waals surface area contributed by atoms with Crippen LogP contribution < -0.4 is 19.2 Å². The molecule has 1 N–H and O–H groups in total. The van der Waals surface area contributed by atoms with Crippen LogP contribution in [0.5, 0.6) is 11.5 Å². The number of rotatable bonds is 9. The van der Waals surface area contributed by atoms with E-state index in [0.717, 1.165) is 17.4 Å². The van der Waals surface area contributed by atoms with Crippen LogP contribution in [0.25, 0.3) is 0 Å². The lowest BCUT2D eigenvalue weighted by atomic mass is 10.0. The molecule has 0 saturated carbocycles. The Balaban J connectivity index is 1.59. The van der Waals surface area contributed by atoms with Crippen LogP contribution in [-0.2, 0) is 10.0 Å². The quantitative estimate of drug-likeness (QED) is 0.362. The second-order valence-electron chi connectivity index (χ2n) is 7.95. The molecule has 0 bridgehead atoms. The number of nitrogens with one attached hydrogen (secondary N) is 1. The summed E-state index contributed by atoms with van der Waals surface area (Å²) in [6.07, 6.45) is 0.437. The topological polar surface area (TPSA) is 80.2 Å². The van der Waals surface area contributed by atoms with E-state index in [1.807, 2.05) is 31.2 Å². The molecule has 0 radical (unpaired) electrons. The number of nitrogens with zero attached hydrogens (tertiary/aromatic N) is 2. The zero-order valence-corrected chi connectivity index (χ0v) is 21.9. The van der Waals surface area contributed by atoms with Gasteiger partial charge in [-0.3, -0.25) is 5.01 Å². The molecule has 36 heavy (non-hydrogen) atoms. The summed E-state index contributed by atoms with van der Waals surface area (Å²) in [6.45, 7) is 2.41. The molecular weight excluding hydrogens is 528 g/mol. The maximum absolute atomic E-state index is 14.1. The SMILES string of the molecule is CCOc1ccc(C2CC(CNS(=O)(=O)c3ccc(OC)c(F)c3)=NN2c2ccc(Cl)cc2Cl)cc1. The number of sulfonamides is 1. The normalized spacial score (nSPS) is 15.6. The third-order valence-electron chi connectivity index (χ3n) is 5.61. The van der Waals surface area contributed by atoms with Crippen molar-refractivity contribution >= 4 is 44.6 Å². The van der Waals surface area contributed by atoms with Crippen molar-refractivity contribution in [3.05, 3.63) is 82.1 Å². The Bertz CT molecular complexity index is 1380. The lowest BCUT2D eigenvalue weighted by Gasteiger charge is -2.25. The number of anilines is 1. The van der Waals surface area contributed by atoms with E-state index in [9.17, 15) is 12.8 Å². The molecule has 1 aliphatic rings. The predicted octanol–water partition coefficient (Wildman–Crippen LogP) is 5.83. The van der Waals surface area contributed by atoms with Crippen molar-refractivity contribution < 1.29 is 22.3 Å². The molecular formula is C25H24Cl2FN3O4S. The molecule has 1 heterocycles. The number of hydrazone groups is 1. The second kappa shape index (κ2) is 11.0. The van der Waals surface area contributed by atoms with E-state index in [0.29, 0.717) is 34.5 Å². The Morgan fingerprint density at radius 1 is 1.11 bits per heavy atom. The van der Waals surface area contributed by atoms with Gasteiger partial charge in [0.15, 0.2) is 11.6 Å². The monoisotopic (exact) mass is 551 g/mol. The van der Waals surface area contributed by atoms with Gasteiger partial charge in [-0.25, -0.2) is 17.5 Å². The van der Waals surface area contributed by atoms with Gasteiger partial charge in [0.05, 0.1) is 47.6 Å². The molecule has 4 rings (SSSR count). The van der Waals surface area contributed by atoms with E-state index >= 15 is 0 Å². The number of hydrogen-bond acceptors (Lipinski definition) is 6. The van der Waals surface area contributed by atoms with Crippen LogP contribution in [0.3, 0.4) is 0 Å². The van der Waals surface area contributed by atoms with Crippen LogP contribution in [0.1, 0.15) is 24.9 Å². The number of halogens is 3. The summed E-state index contributed by atoms with van der Waals surface area (Å²) < 4.78 is 52.6. The van der Waals surface area contributed by atoms with Crippen molar-refractivity contribution in [3.63, 3.8) is 0 Å². The van der Waals surface area contributed by atoms with Crippen LogP contribution >= 0.6 is 23.2 Å². The number of ether oxygens (including phenoxy) is 2. The number of hydrogen-bond donors (Lipinski definition) is 1. The zero-order valence-electron chi connectivity index (χ0n) is 19.5. The van der Waals surface area contributed by atoms with Crippen LogP contribution in [0.2, 0.25) is 10.0 Å². The average Bonchev–Trinajstić information content (AvgIpc) is 3.27. The van der Waals surface area contributed by atoms with Crippen molar-refractivity contribution in [2.45, 2.75) is 24.3 Å². The first-order valence-corrected chi connectivity index (χ1v) is 13.3. The van der Waals surface area contributed by atoms with Gasteiger partial charge in [-0.15, -0.1) is 0 Å². The fourth-order valence-electron chi connectivity index (χ4n) is 3.86. The van der Waals surface area contributed by atoms with E-state index in [4.69, 9.17) is 32.7 Å². The summed E-state index contributed by atoms with van der Waals surface area (Å²) >= 11 is 12.6. The Kier molecular flexibility index (Phi) is 8.04. The first-order chi connectivity index (χ1) is 17.2. The molecule has 0 saturated heterocycles. The summed E-state index contributed by atoms with van der Waals surface area (Å²) in [7, 11) is -2.68. The predicted molar refractivity (Wildman–Crippen MR) is 139 cm³/mol. The molecule has 1 atom stereocenters. The van der Waals surface area contributed by atoms with E-state index in [1.54, 1.807) is 23.2 Å². The van der Waals surface area contributed by atoms with Gasteiger partial charge < -0.3 is 9.47 Å². The van der Waals surface area contributed by atoms with E-state index in [2.05, 4.69) is 9.82 Å². The smallest absolute Gasteiger partial charge is 0.241 e. The maximum Gasteiger partial charge on any atom is 0.241 e. The van der Waals surface area contributed by atoms with Crippen molar-refractivity contribution in [3.8, 4) is 11.5 Å². The standard InChI is InChI=1S/C25H24Cl2FN3O4S/c1-3-35-19-7-4-16(5-8-19)24-13-18(30-31(24)23-10-6-17(26)12-21(23)27)15-29-36(32,33)20-9-11-25(34-2)22(28)14-20/h4-12,14,24,29H,3,13,15H2,1-2H3. The molecule has 3 aromatic carbocycles. The molecule has 0 spiro atoms.